The fourth-order valence-electron chi connectivity index (χ4n) is 2.13. The molecule has 1 heterocycles. The lowest BCUT2D eigenvalue weighted by Crippen LogP contribution is -2.40. The Morgan fingerprint density at radius 1 is 1.64 bits per heavy atom. The Hall–Kier alpha value is -1.06. The van der Waals surface area contributed by atoms with Gasteiger partial charge in [0.25, 0.3) is 0 Å². The van der Waals surface area contributed by atoms with E-state index in [0.29, 0.717) is 18.4 Å². The van der Waals surface area contributed by atoms with Gasteiger partial charge in [-0.1, -0.05) is 13.3 Å². The van der Waals surface area contributed by atoms with Gasteiger partial charge in [0.2, 0.25) is 12.3 Å². The minimum absolute atomic E-state index is 0.0283. The summed E-state index contributed by atoms with van der Waals surface area (Å²) in [4.78, 5) is 23.5. The lowest BCUT2D eigenvalue weighted by atomic mass is 9.99. The standard InChI is InChI=1S/C10H18N2O2/c1-3-9-4-5-12(8(9)2)10(14)6-11-7-13/h7-9H,3-6H2,1-2H3,(H,11,13). The number of nitrogens with zero attached hydrogens (tertiary/aromatic N) is 1. The predicted octanol–water partition coefficient (Wildman–Crippen LogP) is 0.379. The minimum Gasteiger partial charge on any atom is -0.350 e. The molecule has 1 aliphatic rings. The molecular formula is C10H18N2O2. The van der Waals surface area contributed by atoms with E-state index in [-0.39, 0.29) is 12.5 Å². The summed E-state index contributed by atoms with van der Waals surface area (Å²) in [5.74, 6) is 0.649. The van der Waals surface area contributed by atoms with Crippen LogP contribution in [0.3, 0.4) is 0 Å². The van der Waals surface area contributed by atoms with Gasteiger partial charge in [0.15, 0.2) is 0 Å². The molecule has 0 aromatic rings. The molecule has 0 saturated carbocycles. The van der Waals surface area contributed by atoms with Gasteiger partial charge in [-0.3, -0.25) is 9.59 Å². The molecule has 1 fully saturated rings. The van der Waals surface area contributed by atoms with Crippen molar-refractivity contribution in [2.75, 3.05) is 13.1 Å². The molecule has 4 heteroatoms. The Morgan fingerprint density at radius 3 is 2.86 bits per heavy atom. The Morgan fingerprint density at radius 2 is 2.36 bits per heavy atom. The fraction of sp³-hybridized carbons (Fsp3) is 0.800. The second kappa shape index (κ2) is 4.98. The third-order valence-corrected chi connectivity index (χ3v) is 3.10. The highest BCUT2D eigenvalue weighted by Crippen LogP contribution is 2.26. The summed E-state index contributed by atoms with van der Waals surface area (Å²) < 4.78 is 0. The van der Waals surface area contributed by atoms with Crippen LogP contribution in [0.15, 0.2) is 0 Å². The zero-order valence-electron chi connectivity index (χ0n) is 8.82. The largest absolute Gasteiger partial charge is 0.350 e. The van der Waals surface area contributed by atoms with Gasteiger partial charge in [0.05, 0.1) is 6.54 Å². The van der Waals surface area contributed by atoms with Crippen LogP contribution in [-0.2, 0) is 9.59 Å². The van der Waals surface area contributed by atoms with Crippen LogP contribution in [0.2, 0.25) is 0 Å². The van der Waals surface area contributed by atoms with Gasteiger partial charge in [-0.05, 0) is 19.3 Å². The second-order valence-corrected chi connectivity index (χ2v) is 3.78. The number of carbonyl (C=O) groups excluding carboxylic acids is 2. The van der Waals surface area contributed by atoms with Gasteiger partial charge in [0, 0.05) is 12.6 Å². The molecule has 0 aliphatic carbocycles. The topological polar surface area (TPSA) is 49.4 Å². The van der Waals surface area contributed by atoms with Crippen molar-refractivity contribution >= 4 is 12.3 Å². The molecule has 1 aliphatic heterocycles. The molecule has 2 amide bonds. The van der Waals surface area contributed by atoms with Crippen LogP contribution >= 0.6 is 0 Å². The molecule has 14 heavy (non-hydrogen) atoms. The van der Waals surface area contributed by atoms with Crippen LogP contribution in [0.5, 0.6) is 0 Å². The van der Waals surface area contributed by atoms with Crippen molar-refractivity contribution in [1.29, 1.82) is 0 Å². The van der Waals surface area contributed by atoms with E-state index in [4.69, 9.17) is 0 Å². The minimum atomic E-state index is 0.0283. The highest BCUT2D eigenvalue weighted by Gasteiger charge is 2.31. The summed E-state index contributed by atoms with van der Waals surface area (Å²) in [6.07, 6.45) is 2.77. The van der Waals surface area contributed by atoms with Gasteiger partial charge in [-0.25, -0.2) is 0 Å². The van der Waals surface area contributed by atoms with Gasteiger partial charge in [-0.15, -0.1) is 0 Å². The highest BCUT2D eigenvalue weighted by atomic mass is 16.2. The first-order valence-electron chi connectivity index (χ1n) is 5.17. The van der Waals surface area contributed by atoms with Gasteiger partial charge in [0.1, 0.15) is 0 Å². The van der Waals surface area contributed by atoms with Crippen molar-refractivity contribution < 1.29 is 9.59 Å². The van der Waals surface area contributed by atoms with Gasteiger partial charge in [-0.2, -0.15) is 0 Å². The number of hydrogen-bond acceptors (Lipinski definition) is 2. The average Bonchev–Trinajstić information content (AvgIpc) is 2.56. The van der Waals surface area contributed by atoms with Crippen molar-refractivity contribution in [3.05, 3.63) is 0 Å². The maximum atomic E-state index is 11.6. The highest BCUT2D eigenvalue weighted by molar-refractivity contribution is 5.80. The van der Waals surface area contributed by atoms with Crippen molar-refractivity contribution in [3.63, 3.8) is 0 Å². The van der Waals surface area contributed by atoms with E-state index in [1.54, 1.807) is 0 Å². The van der Waals surface area contributed by atoms with Crippen molar-refractivity contribution in [2.24, 2.45) is 5.92 Å². The van der Waals surface area contributed by atoms with Crippen LogP contribution in [0.4, 0.5) is 0 Å². The number of amides is 2. The summed E-state index contributed by atoms with van der Waals surface area (Å²) in [6.45, 7) is 5.20. The first-order chi connectivity index (χ1) is 6.70. The Kier molecular flexibility index (Phi) is 3.92. The lowest BCUT2D eigenvalue weighted by molar-refractivity contribution is -0.132. The van der Waals surface area contributed by atoms with E-state index in [1.807, 2.05) is 4.90 Å². The molecule has 0 radical (unpaired) electrons. The molecule has 0 spiro atoms. The Balaban J connectivity index is 2.45. The smallest absolute Gasteiger partial charge is 0.242 e. The molecule has 1 rings (SSSR count). The monoisotopic (exact) mass is 198 g/mol. The molecule has 2 atom stereocenters. The van der Waals surface area contributed by atoms with Crippen LogP contribution < -0.4 is 5.32 Å². The van der Waals surface area contributed by atoms with Gasteiger partial charge < -0.3 is 10.2 Å². The Bertz CT molecular complexity index is 218. The molecular weight excluding hydrogens is 180 g/mol. The number of rotatable bonds is 4. The van der Waals surface area contributed by atoms with E-state index in [9.17, 15) is 9.59 Å². The fourth-order valence-corrected chi connectivity index (χ4v) is 2.13. The van der Waals surface area contributed by atoms with Gasteiger partial charge >= 0.3 is 0 Å². The lowest BCUT2D eigenvalue weighted by Gasteiger charge is -2.24. The summed E-state index contributed by atoms with van der Waals surface area (Å²) in [7, 11) is 0. The van der Waals surface area contributed by atoms with Crippen molar-refractivity contribution in [1.82, 2.24) is 10.2 Å². The molecule has 0 aromatic carbocycles. The number of likely N-dealkylation sites (tertiary alicyclic amines) is 1. The van der Waals surface area contributed by atoms with Crippen molar-refractivity contribution in [3.8, 4) is 0 Å². The average molecular weight is 198 g/mol. The zero-order chi connectivity index (χ0) is 10.6. The molecule has 2 unspecified atom stereocenters. The maximum absolute atomic E-state index is 11.6. The molecule has 4 nitrogen and oxygen atoms in total. The first-order valence-corrected chi connectivity index (χ1v) is 5.17. The molecule has 1 N–H and O–H groups in total. The summed E-state index contributed by atoms with van der Waals surface area (Å²) in [5, 5.41) is 2.41. The summed E-state index contributed by atoms with van der Waals surface area (Å²) in [5.41, 5.74) is 0. The van der Waals surface area contributed by atoms with E-state index in [0.717, 1.165) is 19.4 Å². The van der Waals surface area contributed by atoms with Crippen LogP contribution in [0.1, 0.15) is 26.7 Å². The number of nitrogens with one attached hydrogen (secondary N) is 1. The van der Waals surface area contributed by atoms with Crippen LogP contribution in [0, 0.1) is 5.92 Å². The van der Waals surface area contributed by atoms with E-state index < -0.39 is 0 Å². The summed E-state index contributed by atoms with van der Waals surface area (Å²) >= 11 is 0. The third kappa shape index (κ3) is 2.25. The molecule has 0 aromatic heterocycles. The molecule has 80 valence electrons. The normalized spacial score (nSPS) is 26.3. The van der Waals surface area contributed by atoms with E-state index in [2.05, 4.69) is 19.2 Å². The first kappa shape index (κ1) is 11.0. The Labute approximate surface area is 84.7 Å². The second-order valence-electron chi connectivity index (χ2n) is 3.78. The van der Waals surface area contributed by atoms with Crippen LogP contribution in [0.25, 0.3) is 0 Å². The maximum Gasteiger partial charge on any atom is 0.242 e. The molecule has 1 saturated heterocycles. The third-order valence-electron chi connectivity index (χ3n) is 3.10. The quantitative estimate of drug-likeness (QED) is 0.664. The number of carbonyl (C=O) groups is 2. The molecule has 0 bridgehead atoms. The van der Waals surface area contributed by atoms with Crippen LogP contribution in [-0.4, -0.2) is 36.3 Å². The summed E-state index contributed by atoms with van der Waals surface area (Å²) in [6, 6.07) is 0.320. The number of hydrogen-bond donors (Lipinski definition) is 1. The van der Waals surface area contributed by atoms with Crippen molar-refractivity contribution in [2.45, 2.75) is 32.7 Å². The zero-order valence-corrected chi connectivity index (χ0v) is 8.82. The predicted molar refractivity (Wildman–Crippen MR) is 53.6 cm³/mol. The SMILES string of the molecule is CCC1CCN(C(=O)CNC=O)C1C. The van der Waals surface area contributed by atoms with E-state index >= 15 is 0 Å². The van der Waals surface area contributed by atoms with E-state index in [1.165, 1.54) is 0 Å².